The van der Waals surface area contributed by atoms with Gasteiger partial charge in [0.1, 0.15) is 0 Å². The van der Waals surface area contributed by atoms with Crippen LogP contribution in [0, 0.1) is 5.92 Å². The quantitative estimate of drug-likeness (QED) is 0.512. The van der Waals surface area contributed by atoms with Gasteiger partial charge in [-0.1, -0.05) is 47.6 Å². The summed E-state index contributed by atoms with van der Waals surface area (Å²) >= 11 is 0. The molecule has 1 aliphatic rings. The number of benzene rings is 1. The molecule has 11 heteroatoms. The van der Waals surface area contributed by atoms with Gasteiger partial charge >= 0.3 is 12.1 Å². The number of aromatic nitrogens is 4. The summed E-state index contributed by atoms with van der Waals surface area (Å²) in [5.74, 6) is -0.645. The first-order chi connectivity index (χ1) is 16.4. The maximum absolute atomic E-state index is 12.6. The molecule has 8 nitrogen and oxygen atoms in total. The molecule has 2 aromatic heterocycles. The molecule has 2 N–H and O–H groups in total. The maximum atomic E-state index is 12.6. The molecule has 34 heavy (non-hydrogen) atoms. The number of piperidine rings is 1. The van der Waals surface area contributed by atoms with Gasteiger partial charge in [0.15, 0.2) is 0 Å². The molecule has 0 radical (unpaired) electrons. The van der Waals surface area contributed by atoms with E-state index >= 15 is 0 Å². The van der Waals surface area contributed by atoms with Gasteiger partial charge in [0, 0.05) is 31.5 Å². The monoisotopic (exact) mass is 474 g/mol. The number of aliphatic hydroxyl groups excluding tert-OH is 1. The summed E-state index contributed by atoms with van der Waals surface area (Å²) < 4.78 is 42.1. The van der Waals surface area contributed by atoms with Crippen LogP contribution < -0.4 is 10.2 Å². The van der Waals surface area contributed by atoms with E-state index in [4.69, 9.17) is 0 Å². The topological polar surface area (TPSA) is 100 Å². The Kier molecular flexibility index (Phi) is 7.53. The van der Waals surface area contributed by atoms with E-state index in [2.05, 4.69) is 29.9 Å². The largest absolute Gasteiger partial charge is 0.471 e. The summed E-state index contributed by atoms with van der Waals surface area (Å²) in [6, 6.07) is 9.82. The molecule has 3 heterocycles. The number of anilines is 1. The minimum atomic E-state index is -4.69. The van der Waals surface area contributed by atoms with E-state index in [-0.39, 0.29) is 24.0 Å². The fraction of sp³-hybridized carbons (Fsp3) is 0.391. The van der Waals surface area contributed by atoms with Gasteiger partial charge in [0.2, 0.25) is 11.8 Å². The lowest BCUT2D eigenvalue weighted by atomic mass is 9.96. The third-order valence-corrected chi connectivity index (χ3v) is 5.65. The summed E-state index contributed by atoms with van der Waals surface area (Å²) in [5.41, 5.74) is 1.34. The normalized spacial score (nSPS) is 16.3. The third-order valence-electron chi connectivity index (χ3n) is 5.65. The molecule has 0 aliphatic carbocycles. The number of nitrogens with one attached hydrogen (secondary N) is 1. The number of hydrogen-bond donors (Lipinski definition) is 2. The second kappa shape index (κ2) is 10.7. The fourth-order valence-corrected chi connectivity index (χ4v) is 3.70. The Morgan fingerprint density at radius 1 is 1.15 bits per heavy atom. The van der Waals surface area contributed by atoms with Gasteiger partial charge in [-0.15, -0.1) is 0 Å². The van der Waals surface area contributed by atoms with Crippen molar-refractivity contribution < 1.29 is 22.8 Å². The molecule has 0 bridgehead atoms. The molecule has 1 fully saturated rings. The highest BCUT2D eigenvalue weighted by Crippen LogP contribution is 2.29. The van der Waals surface area contributed by atoms with Gasteiger partial charge in [-0.25, -0.2) is 9.97 Å². The molecular formula is C23H25F3N6O2. The second-order valence-corrected chi connectivity index (χ2v) is 8.09. The summed E-state index contributed by atoms with van der Waals surface area (Å²) in [4.78, 5) is 13.9. The van der Waals surface area contributed by atoms with E-state index in [1.54, 1.807) is 0 Å². The van der Waals surface area contributed by atoms with E-state index < -0.39 is 12.1 Å². The molecule has 0 saturated carbocycles. The zero-order valence-corrected chi connectivity index (χ0v) is 18.3. The zero-order valence-electron chi connectivity index (χ0n) is 18.3. The minimum Gasteiger partial charge on any atom is -0.394 e. The highest BCUT2D eigenvalue weighted by atomic mass is 19.4. The van der Waals surface area contributed by atoms with Gasteiger partial charge in [0.25, 0.3) is 0 Å². The summed E-state index contributed by atoms with van der Waals surface area (Å²) in [6.07, 6.45) is 3.92. The van der Waals surface area contributed by atoms with Crippen LogP contribution in [0.2, 0.25) is 0 Å². The average molecular weight is 474 g/mol. The zero-order chi connectivity index (χ0) is 24.0. The molecule has 180 valence electrons. The standard InChI is InChI=1S/C23H25F3N6O2/c24-23(25,26)21-30-20(31-34-21)18-13-28-22(29-14-18)32-10-8-17(9-11-32)12-27-19(15-33)7-6-16-4-2-1-3-5-16/h1-7,13-14,17,19,27,33H,8-12,15H2. The Labute approximate surface area is 194 Å². The van der Waals surface area contributed by atoms with Gasteiger partial charge in [0.05, 0.1) is 12.2 Å². The number of alkyl halides is 3. The molecule has 0 spiro atoms. The van der Waals surface area contributed by atoms with Crippen LogP contribution in [-0.2, 0) is 6.18 Å². The van der Waals surface area contributed by atoms with Crippen LogP contribution in [0.25, 0.3) is 17.5 Å². The van der Waals surface area contributed by atoms with Crippen LogP contribution in [0.15, 0.2) is 53.3 Å². The Morgan fingerprint density at radius 2 is 1.85 bits per heavy atom. The van der Waals surface area contributed by atoms with Crippen LogP contribution >= 0.6 is 0 Å². The smallest absolute Gasteiger partial charge is 0.394 e. The predicted molar refractivity (Wildman–Crippen MR) is 120 cm³/mol. The number of aliphatic hydroxyl groups is 1. The molecule has 1 unspecified atom stereocenters. The first-order valence-corrected chi connectivity index (χ1v) is 11.0. The molecule has 0 amide bonds. The second-order valence-electron chi connectivity index (χ2n) is 8.09. The van der Waals surface area contributed by atoms with Crippen molar-refractivity contribution in [1.29, 1.82) is 0 Å². The molecule has 1 saturated heterocycles. The SMILES string of the molecule is OCC(C=Cc1ccccc1)NCC1CCN(c2ncc(-c3noc(C(F)(F)F)n3)cn2)CC1. The van der Waals surface area contributed by atoms with Crippen LogP contribution in [0.1, 0.15) is 24.3 Å². The lowest BCUT2D eigenvalue weighted by Gasteiger charge is -2.32. The van der Waals surface area contributed by atoms with Crippen LogP contribution in [0.4, 0.5) is 19.1 Å². The Bertz CT molecular complexity index is 1060. The van der Waals surface area contributed by atoms with E-state index in [0.29, 0.717) is 11.9 Å². The third kappa shape index (κ3) is 6.17. The van der Waals surface area contributed by atoms with Crippen molar-refractivity contribution in [2.45, 2.75) is 25.1 Å². The van der Waals surface area contributed by atoms with Crippen molar-refractivity contribution in [2.24, 2.45) is 5.92 Å². The molecule has 3 aromatic rings. The summed E-state index contributed by atoms with van der Waals surface area (Å²) in [5, 5.41) is 16.4. The molecule has 1 aromatic carbocycles. The Morgan fingerprint density at radius 3 is 2.47 bits per heavy atom. The van der Waals surface area contributed by atoms with Gasteiger partial charge in [-0.2, -0.15) is 18.2 Å². The van der Waals surface area contributed by atoms with E-state index in [1.807, 2.05) is 47.4 Å². The maximum Gasteiger partial charge on any atom is 0.471 e. The lowest BCUT2D eigenvalue weighted by molar-refractivity contribution is -0.159. The van der Waals surface area contributed by atoms with E-state index in [9.17, 15) is 18.3 Å². The highest BCUT2D eigenvalue weighted by Gasteiger charge is 2.38. The average Bonchev–Trinajstić information content (AvgIpc) is 3.37. The van der Waals surface area contributed by atoms with E-state index in [0.717, 1.165) is 38.0 Å². The predicted octanol–water partition coefficient (Wildman–Crippen LogP) is 3.43. The number of rotatable bonds is 8. The highest BCUT2D eigenvalue weighted by molar-refractivity contribution is 5.52. The van der Waals surface area contributed by atoms with Crippen molar-refractivity contribution in [1.82, 2.24) is 25.4 Å². The molecular weight excluding hydrogens is 449 g/mol. The first-order valence-electron chi connectivity index (χ1n) is 11.0. The summed E-state index contributed by atoms with van der Waals surface area (Å²) in [7, 11) is 0. The van der Waals surface area contributed by atoms with Gasteiger partial charge in [-0.3, -0.25) is 0 Å². The lowest BCUT2D eigenvalue weighted by Crippen LogP contribution is -2.41. The van der Waals surface area contributed by atoms with Gasteiger partial charge in [-0.05, 0) is 30.9 Å². The first kappa shape index (κ1) is 23.8. The van der Waals surface area contributed by atoms with Crippen molar-refractivity contribution >= 4 is 12.0 Å². The van der Waals surface area contributed by atoms with Crippen LogP contribution in [0.5, 0.6) is 0 Å². The molecule has 4 rings (SSSR count). The van der Waals surface area contributed by atoms with Crippen LogP contribution in [0.3, 0.4) is 0 Å². The van der Waals surface area contributed by atoms with Crippen molar-refractivity contribution in [3.05, 3.63) is 60.3 Å². The van der Waals surface area contributed by atoms with Crippen molar-refractivity contribution in [3.63, 3.8) is 0 Å². The van der Waals surface area contributed by atoms with Crippen molar-refractivity contribution in [3.8, 4) is 11.4 Å². The minimum absolute atomic E-state index is 0.0210. The fourth-order valence-electron chi connectivity index (χ4n) is 3.70. The molecule has 1 aliphatic heterocycles. The Hall–Kier alpha value is -3.31. The number of hydrogen-bond acceptors (Lipinski definition) is 8. The Balaban J connectivity index is 1.25. The molecule has 1 atom stereocenters. The number of nitrogens with zero attached hydrogens (tertiary/aromatic N) is 5. The summed E-state index contributed by atoms with van der Waals surface area (Å²) in [6.45, 7) is 2.33. The van der Waals surface area contributed by atoms with E-state index in [1.165, 1.54) is 12.4 Å². The number of halogens is 3. The van der Waals surface area contributed by atoms with Crippen LogP contribution in [-0.4, -0.2) is 57.5 Å². The van der Waals surface area contributed by atoms with Gasteiger partial charge < -0.3 is 19.8 Å². The van der Waals surface area contributed by atoms with Crippen molar-refractivity contribution in [2.75, 3.05) is 31.1 Å².